The van der Waals surface area contributed by atoms with Gasteiger partial charge in [-0.05, 0) is 41.5 Å². The summed E-state index contributed by atoms with van der Waals surface area (Å²) in [6.45, 7) is 14.8. The van der Waals surface area contributed by atoms with E-state index in [0.717, 1.165) is 5.70 Å². The second kappa shape index (κ2) is 5.05. The van der Waals surface area contributed by atoms with Crippen molar-refractivity contribution in [2.24, 2.45) is 0 Å². The molecule has 0 saturated heterocycles. The predicted octanol–water partition coefficient (Wildman–Crippen LogP) is 2.09. The van der Waals surface area contributed by atoms with E-state index in [1.54, 1.807) is 0 Å². The number of ketones is 1. The molecule has 0 unspecified atom stereocenters. The lowest BCUT2D eigenvalue weighted by atomic mass is 9.97. The summed E-state index contributed by atoms with van der Waals surface area (Å²) in [5, 5.41) is 3.16. The smallest absolute Gasteiger partial charge is 0.158 e. The highest BCUT2D eigenvalue weighted by Gasteiger charge is 2.13. The monoisotopic (exact) mass is 180 g/mol. The van der Waals surface area contributed by atoms with Crippen LogP contribution in [-0.4, -0.2) is 11.8 Å². The number of rotatable bonds is 4. The van der Waals surface area contributed by atoms with Gasteiger partial charge in [0, 0.05) is 23.2 Å². The number of nitrogens with one attached hydrogen (secondary N) is 1. The molecule has 0 heterocycles. The van der Waals surface area contributed by atoms with E-state index in [1.165, 1.54) is 6.92 Å². The maximum Gasteiger partial charge on any atom is 0.158 e. The first-order valence-electron chi connectivity index (χ1n) is 4.35. The van der Waals surface area contributed by atoms with Crippen LogP contribution in [0.4, 0.5) is 0 Å². The first-order valence-corrected chi connectivity index (χ1v) is 4.35. The first kappa shape index (κ1) is 12.2. The molecule has 2 nitrogen and oxygen atoms in total. The van der Waals surface area contributed by atoms with Crippen molar-refractivity contribution in [3.8, 4) is 0 Å². The van der Waals surface area contributed by atoms with Crippen LogP contribution in [-0.2, 0) is 4.79 Å². The molecule has 0 amide bonds. The summed E-state index contributed by atoms with van der Waals surface area (Å²) in [6.07, 6.45) is 0. The summed E-state index contributed by atoms with van der Waals surface area (Å²) in [4.78, 5) is 11.2. The van der Waals surface area contributed by atoms with Gasteiger partial charge in [0.15, 0.2) is 5.78 Å². The molecule has 0 aliphatic carbocycles. The van der Waals surface area contributed by atoms with E-state index in [4.69, 9.17) is 0 Å². The van der Waals surface area contributed by atoms with Crippen LogP contribution in [0.3, 0.4) is 0 Å². The maximum absolute atomic E-state index is 11.2. The molecule has 2 heteroatoms. The third-order valence-electron chi connectivity index (χ3n) is 1.59. The van der Waals surface area contributed by atoms with Crippen molar-refractivity contribution in [2.45, 2.75) is 33.7 Å². The molecule has 0 aromatic carbocycles. The molecular weight excluding hydrogens is 162 g/mol. The van der Waals surface area contributed by atoms with Crippen molar-refractivity contribution in [1.82, 2.24) is 5.32 Å². The first-order chi connectivity index (χ1) is 5.86. The minimum Gasteiger partial charge on any atom is -0.386 e. The molecule has 0 aromatic rings. The van der Waals surface area contributed by atoms with Crippen LogP contribution in [0.1, 0.15) is 27.7 Å². The predicted molar refractivity (Wildman–Crippen MR) is 55.6 cm³/mol. The number of Topliss-reactive ketones (excluding diaryl/α,β-unsaturated/α-hetero) is 1. The van der Waals surface area contributed by atoms with Crippen LogP contribution in [0.5, 0.6) is 0 Å². The number of allylic oxidation sites excluding steroid dienone is 2. The van der Waals surface area contributed by atoms with Gasteiger partial charge < -0.3 is 5.32 Å². The molecule has 0 fully saturated rings. The Kier molecular flexibility index (Phi) is 4.74. The zero-order chi connectivity index (χ0) is 10.6. The molecule has 0 spiro atoms. The van der Waals surface area contributed by atoms with Crippen molar-refractivity contribution in [3.05, 3.63) is 31.0 Å². The average molecular weight is 180 g/mol. The molecule has 0 saturated carbocycles. The van der Waals surface area contributed by atoms with Gasteiger partial charge in [-0.1, -0.05) is 0 Å². The van der Waals surface area contributed by atoms with Crippen molar-refractivity contribution in [1.29, 1.82) is 0 Å². The Morgan fingerprint density at radius 2 is 1.69 bits per heavy atom. The van der Waals surface area contributed by atoms with E-state index in [-0.39, 0.29) is 5.78 Å². The molecule has 73 valence electrons. The Bertz CT molecular complexity index is 214. The summed E-state index contributed by atoms with van der Waals surface area (Å²) < 4.78 is 0. The molecule has 0 aliphatic heterocycles. The quantitative estimate of drug-likeness (QED) is 0.671. The molecule has 0 bridgehead atoms. The molecule has 3 radical (unpaired) electrons. The number of carbonyl (C=O) groups excluding carboxylic acids is 1. The van der Waals surface area contributed by atoms with Gasteiger partial charge in [-0.2, -0.15) is 0 Å². The van der Waals surface area contributed by atoms with Gasteiger partial charge >= 0.3 is 0 Å². The molecule has 0 aliphatic rings. The summed E-state index contributed by atoms with van der Waals surface area (Å²) in [5.74, 6) is 0.573. The zero-order valence-electron chi connectivity index (χ0n) is 8.90. The summed E-state index contributed by atoms with van der Waals surface area (Å²) in [6, 6.07) is 0.314. The average Bonchev–Trinajstić information content (AvgIpc) is 1.81. The molecular formula is C11H18NO. The third-order valence-corrected chi connectivity index (χ3v) is 1.59. The van der Waals surface area contributed by atoms with Gasteiger partial charge in [0.1, 0.15) is 0 Å². The van der Waals surface area contributed by atoms with Gasteiger partial charge in [0.05, 0.1) is 0 Å². The topological polar surface area (TPSA) is 29.1 Å². The van der Waals surface area contributed by atoms with Crippen LogP contribution >= 0.6 is 0 Å². The van der Waals surface area contributed by atoms with E-state index < -0.39 is 0 Å². The molecule has 13 heavy (non-hydrogen) atoms. The van der Waals surface area contributed by atoms with E-state index in [0.29, 0.717) is 17.5 Å². The second-order valence-electron chi connectivity index (χ2n) is 3.46. The van der Waals surface area contributed by atoms with Crippen LogP contribution in [0.2, 0.25) is 0 Å². The van der Waals surface area contributed by atoms with Crippen molar-refractivity contribution >= 4 is 5.78 Å². The minimum atomic E-state index is 0.00523. The minimum absolute atomic E-state index is 0.00523. The Hall–Kier alpha value is -0.790. The van der Waals surface area contributed by atoms with Crippen LogP contribution in [0, 0.1) is 19.8 Å². The van der Waals surface area contributed by atoms with Gasteiger partial charge in [-0.25, -0.2) is 0 Å². The second-order valence-corrected chi connectivity index (χ2v) is 3.46. The van der Waals surface area contributed by atoms with Gasteiger partial charge in [-0.3, -0.25) is 4.79 Å². The van der Waals surface area contributed by atoms with E-state index in [2.05, 4.69) is 19.2 Å². The van der Waals surface area contributed by atoms with Crippen molar-refractivity contribution in [2.75, 3.05) is 0 Å². The van der Waals surface area contributed by atoms with Crippen LogP contribution < -0.4 is 5.32 Å². The van der Waals surface area contributed by atoms with Gasteiger partial charge in [0.25, 0.3) is 0 Å². The number of hydrogen-bond donors (Lipinski definition) is 1. The number of hydrogen-bond acceptors (Lipinski definition) is 2. The Balaban J connectivity index is 4.76. The third kappa shape index (κ3) is 4.11. The summed E-state index contributed by atoms with van der Waals surface area (Å²) in [5.41, 5.74) is 1.45. The van der Waals surface area contributed by atoms with Gasteiger partial charge in [-0.15, -0.1) is 0 Å². The Labute approximate surface area is 81.4 Å². The largest absolute Gasteiger partial charge is 0.386 e. The lowest BCUT2D eigenvalue weighted by molar-refractivity contribution is -0.113. The molecule has 0 aromatic heterocycles. The number of carbonyl (C=O) groups is 1. The van der Waals surface area contributed by atoms with Gasteiger partial charge in [0.2, 0.25) is 0 Å². The van der Waals surface area contributed by atoms with Crippen molar-refractivity contribution in [3.63, 3.8) is 0 Å². The Morgan fingerprint density at radius 1 is 1.23 bits per heavy atom. The van der Waals surface area contributed by atoms with Crippen LogP contribution in [0.25, 0.3) is 0 Å². The molecule has 0 atom stereocenters. The summed E-state index contributed by atoms with van der Waals surface area (Å²) in [7, 11) is 0. The fourth-order valence-corrected chi connectivity index (χ4v) is 1.28. The highest BCUT2D eigenvalue weighted by atomic mass is 16.1. The summed E-state index contributed by atoms with van der Waals surface area (Å²) >= 11 is 0. The highest BCUT2D eigenvalue weighted by molar-refractivity contribution is 5.97. The fourth-order valence-electron chi connectivity index (χ4n) is 1.28. The van der Waals surface area contributed by atoms with Crippen molar-refractivity contribution < 1.29 is 4.79 Å². The highest BCUT2D eigenvalue weighted by Crippen LogP contribution is 2.15. The Morgan fingerprint density at radius 3 is 1.92 bits per heavy atom. The van der Waals surface area contributed by atoms with E-state index in [1.807, 2.05) is 20.8 Å². The van der Waals surface area contributed by atoms with E-state index in [9.17, 15) is 4.79 Å². The standard InChI is InChI=1S/C11H18NO/c1-7(2)11(10(6)13)9(5)12-8(3)4/h8,12H,1-2H2,3-6H3/b11-9-. The van der Waals surface area contributed by atoms with Crippen LogP contribution in [0.15, 0.2) is 11.3 Å². The molecule has 1 N–H and O–H groups in total. The molecule has 0 rings (SSSR count). The maximum atomic E-state index is 11.2. The fraction of sp³-hybridized carbons (Fsp3) is 0.455. The lowest BCUT2D eigenvalue weighted by Gasteiger charge is -2.16. The lowest BCUT2D eigenvalue weighted by Crippen LogP contribution is -2.24. The normalized spacial score (nSPS) is 13.2. The van der Waals surface area contributed by atoms with E-state index >= 15 is 0 Å². The zero-order valence-corrected chi connectivity index (χ0v) is 8.90. The SMILES string of the molecule is [CH2][C]([CH2])/C(C(C)=O)=C(\C)NC(C)C.